The molecule has 2 atom stereocenters. The number of hydrogen-bond donors (Lipinski definition) is 1. The second-order valence-corrected chi connectivity index (χ2v) is 6.73. The Balaban J connectivity index is 2.09. The number of likely N-dealkylation sites (N-methyl/N-ethyl adjacent to an activating group) is 1. The van der Waals surface area contributed by atoms with Gasteiger partial charge in [-0.05, 0) is 49.8 Å². The molecule has 2 aromatic rings. The highest BCUT2D eigenvalue weighted by molar-refractivity contribution is 5.84. The smallest absolute Gasteiger partial charge is 0.227 e. The molecular formula is C20H28N2O3. The first-order valence-electron chi connectivity index (χ1n) is 8.55. The number of rotatable bonds is 8. The van der Waals surface area contributed by atoms with Gasteiger partial charge in [-0.1, -0.05) is 26.0 Å². The van der Waals surface area contributed by atoms with Gasteiger partial charge >= 0.3 is 0 Å². The predicted octanol–water partition coefficient (Wildman–Crippen LogP) is 3.45. The Bertz CT molecular complexity index is 648. The Hall–Kier alpha value is -2.27. The summed E-state index contributed by atoms with van der Waals surface area (Å²) >= 11 is 0. The molecule has 0 radical (unpaired) electrons. The van der Waals surface area contributed by atoms with Crippen molar-refractivity contribution < 1.29 is 13.9 Å². The second kappa shape index (κ2) is 8.72. The zero-order chi connectivity index (χ0) is 18.4. The standard InChI is InChI=1S/C20H28N2O3/c1-14(2)19(15-8-10-16(24-5)11-9-15)20(23)21-13-17(22(3)4)18-7-6-12-25-18/h6-12,14,17,19H,13H2,1-5H3,(H,21,23). The average molecular weight is 344 g/mol. The minimum Gasteiger partial charge on any atom is -0.497 e. The van der Waals surface area contributed by atoms with Crippen LogP contribution < -0.4 is 10.1 Å². The summed E-state index contributed by atoms with van der Waals surface area (Å²) in [5.41, 5.74) is 0.993. The summed E-state index contributed by atoms with van der Waals surface area (Å²) < 4.78 is 10.7. The summed E-state index contributed by atoms with van der Waals surface area (Å²) in [6.07, 6.45) is 1.65. The van der Waals surface area contributed by atoms with Crippen molar-refractivity contribution in [2.75, 3.05) is 27.7 Å². The largest absolute Gasteiger partial charge is 0.497 e. The second-order valence-electron chi connectivity index (χ2n) is 6.73. The number of methoxy groups -OCH3 is 1. The fourth-order valence-corrected chi connectivity index (χ4v) is 2.98. The van der Waals surface area contributed by atoms with E-state index in [0.717, 1.165) is 17.1 Å². The van der Waals surface area contributed by atoms with E-state index in [2.05, 4.69) is 19.2 Å². The molecule has 0 aliphatic carbocycles. The van der Waals surface area contributed by atoms with Crippen molar-refractivity contribution in [1.29, 1.82) is 0 Å². The molecule has 2 rings (SSSR count). The topological polar surface area (TPSA) is 54.7 Å². The van der Waals surface area contributed by atoms with Gasteiger partial charge in [-0.15, -0.1) is 0 Å². The van der Waals surface area contributed by atoms with Crippen LogP contribution in [0.3, 0.4) is 0 Å². The Morgan fingerprint density at radius 2 is 1.88 bits per heavy atom. The number of carbonyl (C=O) groups is 1. The van der Waals surface area contributed by atoms with E-state index in [1.165, 1.54) is 0 Å². The van der Waals surface area contributed by atoms with Gasteiger partial charge < -0.3 is 14.5 Å². The van der Waals surface area contributed by atoms with E-state index in [1.807, 2.05) is 55.4 Å². The van der Waals surface area contributed by atoms with E-state index in [-0.39, 0.29) is 23.8 Å². The maximum Gasteiger partial charge on any atom is 0.227 e. The molecule has 25 heavy (non-hydrogen) atoms. The van der Waals surface area contributed by atoms with E-state index < -0.39 is 0 Å². The van der Waals surface area contributed by atoms with Crippen LogP contribution in [0.4, 0.5) is 0 Å². The molecular weight excluding hydrogens is 316 g/mol. The van der Waals surface area contributed by atoms with Crippen LogP contribution in [-0.4, -0.2) is 38.6 Å². The highest BCUT2D eigenvalue weighted by atomic mass is 16.5. The van der Waals surface area contributed by atoms with Crippen LogP contribution in [-0.2, 0) is 4.79 Å². The molecule has 5 nitrogen and oxygen atoms in total. The summed E-state index contributed by atoms with van der Waals surface area (Å²) in [5.74, 6) is 1.65. The molecule has 1 amide bonds. The van der Waals surface area contributed by atoms with Crippen molar-refractivity contribution >= 4 is 5.91 Å². The minimum atomic E-state index is -0.203. The number of benzene rings is 1. The quantitative estimate of drug-likeness (QED) is 0.797. The lowest BCUT2D eigenvalue weighted by Crippen LogP contribution is -2.38. The van der Waals surface area contributed by atoms with Crippen molar-refractivity contribution in [2.45, 2.75) is 25.8 Å². The first-order valence-corrected chi connectivity index (χ1v) is 8.55. The highest BCUT2D eigenvalue weighted by Gasteiger charge is 2.26. The molecule has 1 N–H and O–H groups in total. The lowest BCUT2D eigenvalue weighted by molar-refractivity contribution is -0.123. The van der Waals surface area contributed by atoms with E-state index >= 15 is 0 Å². The molecule has 5 heteroatoms. The molecule has 0 fully saturated rings. The van der Waals surface area contributed by atoms with E-state index in [1.54, 1.807) is 13.4 Å². The number of furan rings is 1. The summed E-state index contributed by atoms with van der Waals surface area (Å²) in [6, 6.07) is 11.5. The fourth-order valence-electron chi connectivity index (χ4n) is 2.98. The molecule has 0 aliphatic heterocycles. The lowest BCUT2D eigenvalue weighted by atomic mass is 9.87. The van der Waals surface area contributed by atoms with Crippen LogP contribution in [0.2, 0.25) is 0 Å². The summed E-state index contributed by atoms with van der Waals surface area (Å²) in [6.45, 7) is 4.62. The minimum absolute atomic E-state index is 0.00243. The normalized spacial score (nSPS) is 13.7. The van der Waals surface area contributed by atoms with Gasteiger partial charge in [-0.2, -0.15) is 0 Å². The van der Waals surface area contributed by atoms with Gasteiger partial charge in [0.1, 0.15) is 11.5 Å². The molecule has 0 spiro atoms. The predicted molar refractivity (Wildman–Crippen MR) is 98.7 cm³/mol. The van der Waals surface area contributed by atoms with Gasteiger partial charge in [-0.3, -0.25) is 9.69 Å². The SMILES string of the molecule is COc1ccc(C(C(=O)NCC(c2ccco2)N(C)C)C(C)C)cc1. The highest BCUT2D eigenvalue weighted by Crippen LogP contribution is 2.27. The van der Waals surface area contributed by atoms with E-state index in [0.29, 0.717) is 6.54 Å². The van der Waals surface area contributed by atoms with Crippen LogP contribution in [0.15, 0.2) is 47.1 Å². The van der Waals surface area contributed by atoms with E-state index in [4.69, 9.17) is 9.15 Å². The average Bonchev–Trinajstić information content (AvgIpc) is 3.09. The first kappa shape index (κ1) is 19.1. The molecule has 1 heterocycles. The Morgan fingerprint density at radius 1 is 1.20 bits per heavy atom. The lowest BCUT2D eigenvalue weighted by Gasteiger charge is -2.25. The van der Waals surface area contributed by atoms with Gasteiger partial charge in [0.05, 0.1) is 25.3 Å². The van der Waals surface area contributed by atoms with Crippen molar-refractivity contribution in [3.8, 4) is 5.75 Å². The molecule has 0 saturated heterocycles. The van der Waals surface area contributed by atoms with Crippen LogP contribution in [0, 0.1) is 5.92 Å². The maximum atomic E-state index is 12.8. The number of nitrogens with one attached hydrogen (secondary N) is 1. The number of hydrogen-bond acceptors (Lipinski definition) is 4. The molecule has 0 saturated carbocycles. The van der Waals surface area contributed by atoms with Gasteiger partial charge in [0.15, 0.2) is 0 Å². The fraction of sp³-hybridized carbons (Fsp3) is 0.450. The van der Waals surface area contributed by atoms with Crippen LogP contribution in [0.5, 0.6) is 5.75 Å². The number of carbonyl (C=O) groups excluding carboxylic acids is 1. The molecule has 2 unspecified atom stereocenters. The van der Waals surface area contributed by atoms with Gasteiger partial charge in [-0.25, -0.2) is 0 Å². The summed E-state index contributed by atoms with van der Waals surface area (Å²) in [4.78, 5) is 14.9. The van der Waals surface area contributed by atoms with Crippen molar-refractivity contribution in [1.82, 2.24) is 10.2 Å². The zero-order valence-electron chi connectivity index (χ0n) is 15.7. The number of nitrogens with zero attached hydrogens (tertiary/aromatic N) is 1. The van der Waals surface area contributed by atoms with Crippen molar-refractivity contribution in [2.24, 2.45) is 5.92 Å². The van der Waals surface area contributed by atoms with Crippen LogP contribution in [0.25, 0.3) is 0 Å². The van der Waals surface area contributed by atoms with Crippen molar-refractivity contribution in [3.63, 3.8) is 0 Å². The van der Waals surface area contributed by atoms with Crippen LogP contribution >= 0.6 is 0 Å². The van der Waals surface area contributed by atoms with E-state index in [9.17, 15) is 4.79 Å². The van der Waals surface area contributed by atoms with Crippen molar-refractivity contribution in [3.05, 3.63) is 54.0 Å². The van der Waals surface area contributed by atoms with Gasteiger partial charge in [0.2, 0.25) is 5.91 Å². The summed E-state index contributed by atoms with van der Waals surface area (Å²) in [7, 11) is 5.59. The molecule has 136 valence electrons. The number of ether oxygens (including phenoxy) is 1. The Labute approximate surface area is 150 Å². The molecule has 1 aromatic heterocycles. The Kier molecular flexibility index (Phi) is 6.65. The summed E-state index contributed by atoms with van der Waals surface area (Å²) in [5, 5.41) is 3.09. The number of amides is 1. The molecule has 0 aliphatic rings. The maximum absolute atomic E-state index is 12.8. The Morgan fingerprint density at radius 3 is 2.36 bits per heavy atom. The molecule has 1 aromatic carbocycles. The first-order chi connectivity index (χ1) is 11.9. The third-order valence-electron chi connectivity index (χ3n) is 4.39. The molecule has 0 bridgehead atoms. The third-order valence-corrected chi connectivity index (χ3v) is 4.39. The monoisotopic (exact) mass is 344 g/mol. The third kappa shape index (κ3) is 4.86. The van der Waals surface area contributed by atoms with Gasteiger partial charge in [0, 0.05) is 6.54 Å². The zero-order valence-corrected chi connectivity index (χ0v) is 15.7. The van der Waals surface area contributed by atoms with Crippen LogP contribution in [0.1, 0.15) is 37.1 Å². The van der Waals surface area contributed by atoms with Gasteiger partial charge in [0.25, 0.3) is 0 Å².